The Balaban J connectivity index is 1.78. The predicted molar refractivity (Wildman–Crippen MR) is 83.3 cm³/mol. The predicted octanol–water partition coefficient (Wildman–Crippen LogP) is 3.53. The Bertz CT molecular complexity index is 446. The second-order valence-corrected chi connectivity index (χ2v) is 6.89. The fourth-order valence-corrected chi connectivity index (χ4v) is 4.25. The summed E-state index contributed by atoms with van der Waals surface area (Å²) in [5, 5.41) is 0. The molecule has 0 amide bonds. The van der Waals surface area contributed by atoms with Crippen LogP contribution in [-0.4, -0.2) is 31.1 Å². The smallest absolute Gasteiger partial charge is 0.122 e. The van der Waals surface area contributed by atoms with Crippen molar-refractivity contribution in [1.29, 1.82) is 0 Å². The van der Waals surface area contributed by atoms with Gasteiger partial charge in [0.2, 0.25) is 0 Å². The molecule has 0 aromatic heterocycles. The molecule has 0 N–H and O–H groups in total. The summed E-state index contributed by atoms with van der Waals surface area (Å²) in [5.41, 5.74) is 2.95. The minimum atomic E-state index is 0.712. The number of nitrogens with zero attached hydrogens (tertiary/aromatic N) is 1. The van der Waals surface area contributed by atoms with Crippen molar-refractivity contribution in [2.45, 2.75) is 45.6 Å². The monoisotopic (exact) mass is 273 g/mol. The third kappa shape index (κ3) is 2.71. The minimum Gasteiger partial charge on any atom is -0.496 e. The van der Waals surface area contributed by atoms with Gasteiger partial charge in [-0.2, -0.15) is 0 Å². The molecule has 110 valence electrons. The Kier molecular flexibility index (Phi) is 4.02. The van der Waals surface area contributed by atoms with Gasteiger partial charge in [0, 0.05) is 19.1 Å². The molecule has 2 aliphatic rings. The Morgan fingerprint density at radius 3 is 2.60 bits per heavy atom. The molecule has 1 aromatic carbocycles. The molecule has 1 aliphatic carbocycles. The average Bonchev–Trinajstić information content (AvgIpc) is 2.45. The van der Waals surface area contributed by atoms with E-state index in [1.54, 1.807) is 7.11 Å². The lowest BCUT2D eigenvalue weighted by atomic mass is 9.84. The van der Waals surface area contributed by atoms with E-state index in [9.17, 15) is 0 Å². The highest BCUT2D eigenvalue weighted by atomic mass is 16.5. The van der Waals surface area contributed by atoms with Crippen molar-refractivity contribution in [2.75, 3.05) is 20.2 Å². The molecule has 1 fully saturated rings. The molecular weight excluding hydrogens is 246 g/mol. The van der Waals surface area contributed by atoms with E-state index in [1.807, 2.05) is 0 Å². The van der Waals surface area contributed by atoms with E-state index in [0.717, 1.165) is 17.6 Å². The maximum atomic E-state index is 5.57. The van der Waals surface area contributed by atoms with Crippen LogP contribution in [0, 0.1) is 11.8 Å². The molecule has 0 radical (unpaired) electrons. The van der Waals surface area contributed by atoms with Crippen LogP contribution in [0.1, 0.15) is 37.8 Å². The molecule has 3 rings (SSSR count). The SMILES string of the molecule is COc1cccc2c1CC(N1C[C@H](C)C[C@@H](C)C1)CC2. The second-order valence-electron chi connectivity index (χ2n) is 6.89. The Morgan fingerprint density at radius 1 is 1.15 bits per heavy atom. The van der Waals surface area contributed by atoms with Crippen LogP contribution in [0.25, 0.3) is 0 Å². The molecule has 2 nitrogen and oxygen atoms in total. The number of methoxy groups -OCH3 is 1. The number of likely N-dealkylation sites (tertiary alicyclic amines) is 1. The number of hydrogen-bond donors (Lipinski definition) is 0. The quantitative estimate of drug-likeness (QED) is 0.817. The summed E-state index contributed by atoms with van der Waals surface area (Å²) in [4.78, 5) is 2.74. The number of piperidine rings is 1. The van der Waals surface area contributed by atoms with E-state index >= 15 is 0 Å². The molecule has 1 aromatic rings. The lowest BCUT2D eigenvalue weighted by Crippen LogP contribution is -2.47. The van der Waals surface area contributed by atoms with Crippen molar-refractivity contribution in [2.24, 2.45) is 11.8 Å². The van der Waals surface area contributed by atoms with Crippen LogP contribution in [0.2, 0.25) is 0 Å². The number of aryl methyl sites for hydroxylation is 1. The van der Waals surface area contributed by atoms with Crippen molar-refractivity contribution in [1.82, 2.24) is 4.90 Å². The van der Waals surface area contributed by atoms with Gasteiger partial charge in [0.05, 0.1) is 7.11 Å². The van der Waals surface area contributed by atoms with Crippen molar-refractivity contribution in [3.8, 4) is 5.75 Å². The summed E-state index contributed by atoms with van der Waals surface area (Å²) in [6.45, 7) is 7.36. The van der Waals surface area contributed by atoms with Gasteiger partial charge in [-0.05, 0) is 54.7 Å². The maximum Gasteiger partial charge on any atom is 0.122 e. The second kappa shape index (κ2) is 5.77. The third-order valence-electron chi connectivity index (χ3n) is 5.05. The van der Waals surface area contributed by atoms with Crippen molar-refractivity contribution < 1.29 is 4.74 Å². The van der Waals surface area contributed by atoms with Gasteiger partial charge in [0.15, 0.2) is 0 Å². The van der Waals surface area contributed by atoms with E-state index < -0.39 is 0 Å². The molecule has 2 heteroatoms. The number of rotatable bonds is 2. The number of benzene rings is 1. The fraction of sp³-hybridized carbons (Fsp3) is 0.667. The van der Waals surface area contributed by atoms with Gasteiger partial charge >= 0.3 is 0 Å². The van der Waals surface area contributed by atoms with E-state index in [4.69, 9.17) is 4.74 Å². The summed E-state index contributed by atoms with van der Waals surface area (Å²) in [7, 11) is 1.80. The zero-order chi connectivity index (χ0) is 14.1. The Morgan fingerprint density at radius 2 is 1.90 bits per heavy atom. The first kappa shape index (κ1) is 13.9. The van der Waals surface area contributed by atoms with E-state index in [1.165, 1.54) is 49.9 Å². The summed E-state index contributed by atoms with van der Waals surface area (Å²) >= 11 is 0. The fourth-order valence-electron chi connectivity index (χ4n) is 4.25. The van der Waals surface area contributed by atoms with E-state index in [0.29, 0.717) is 6.04 Å². The van der Waals surface area contributed by atoms with Gasteiger partial charge in [-0.15, -0.1) is 0 Å². The number of hydrogen-bond acceptors (Lipinski definition) is 2. The van der Waals surface area contributed by atoms with Crippen molar-refractivity contribution >= 4 is 0 Å². The highest BCUT2D eigenvalue weighted by Gasteiger charge is 2.30. The van der Waals surface area contributed by atoms with Gasteiger partial charge in [-0.1, -0.05) is 26.0 Å². The van der Waals surface area contributed by atoms with E-state index in [-0.39, 0.29) is 0 Å². The van der Waals surface area contributed by atoms with Crippen LogP contribution >= 0.6 is 0 Å². The Hall–Kier alpha value is -1.02. The molecule has 0 bridgehead atoms. The molecular formula is C18H27NO. The van der Waals surface area contributed by atoms with Crippen LogP contribution < -0.4 is 4.74 Å². The molecule has 0 spiro atoms. The average molecular weight is 273 g/mol. The van der Waals surface area contributed by atoms with Gasteiger partial charge in [0.25, 0.3) is 0 Å². The third-order valence-corrected chi connectivity index (χ3v) is 5.05. The van der Waals surface area contributed by atoms with Gasteiger partial charge in [-0.3, -0.25) is 4.90 Å². The van der Waals surface area contributed by atoms with Gasteiger partial charge in [-0.25, -0.2) is 0 Å². The van der Waals surface area contributed by atoms with Crippen LogP contribution in [0.4, 0.5) is 0 Å². The van der Waals surface area contributed by atoms with E-state index in [2.05, 4.69) is 36.9 Å². The molecule has 1 heterocycles. The Labute approximate surface area is 123 Å². The molecule has 1 aliphatic heterocycles. The molecule has 1 unspecified atom stereocenters. The summed E-state index contributed by atoms with van der Waals surface area (Å²) in [6, 6.07) is 7.23. The first-order chi connectivity index (χ1) is 9.67. The molecule has 3 atom stereocenters. The number of fused-ring (bicyclic) bond motifs is 1. The van der Waals surface area contributed by atoms with Gasteiger partial charge < -0.3 is 4.74 Å². The first-order valence-electron chi connectivity index (χ1n) is 8.06. The molecule has 1 saturated heterocycles. The van der Waals surface area contributed by atoms with Crippen LogP contribution in [0.5, 0.6) is 5.75 Å². The maximum absolute atomic E-state index is 5.57. The van der Waals surface area contributed by atoms with Crippen LogP contribution in [0.15, 0.2) is 18.2 Å². The highest BCUT2D eigenvalue weighted by molar-refractivity contribution is 5.42. The first-order valence-corrected chi connectivity index (χ1v) is 8.06. The lowest BCUT2D eigenvalue weighted by Gasteiger charge is -2.42. The summed E-state index contributed by atoms with van der Waals surface area (Å²) in [6.07, 6.45) is 5.07. The molecule has 20 heavy (non-hydrogen) atoms. The zero-order valence-electron chi connectivity index (χ0n) is 13.1. The van der Waals surface area contributed by atoms with Gasteiger partial charge in [0.1, 0.15) is 5.75 Å². The number of ether oxygens (including phenoxy) is 1. The minimum absolute atomic E-state index is 0.712. The van der Waals surface area contributed by atoms with Crippen molar-refractivity contribution in [3.63, 3.8) is 0 Å². The summed E-state index contributed by atoms with van der Waals surface area (Å²) in [5.74, 6) is 2.78. The summed E-state index contributed by atoms with van der Waals surface area (Å²) < 4.78 is 5.57. The zero-order valence-corrected chi connectivity index (χ0v) is 13.1. The largest absolute Gasteiger partial charge is 0.496 e. The standard InChI is InChI=1S/C18H27NO/c1-13-9-14(2)12-19(11-13)16-8-7-15-5-4-6-18(20-3)17(15)10-16/h4-6,13-14,16H,7-12H2,1-3H3/t13-,14-,16?/m1/s1. The normalized spacial score (nSPS) is 30.9. The lowest BCUT2D eigenvalue weighted by molar-refractivity contribution is 0.0875. The topological polar surface area (TPSA) is 12.5 Å². The highest BCUT2D eigenvalue weighted by Crippen LogP contribution is 2.33. The molecule has 0 saturated carbocycles. The van der Waals surface area contributed by atoms with Crippen LogP contribution in [0.3, 0.4) is 0 Å². The van der Waals surface area contributed by atoms with Crippen molar-refractivity contribution in [3.05, 3.63) is 29.3 Å². The van der Waals surface area contributed by atoms with Crippen LogP contribution in [-0.2, 0) is 12.8 Å².